The van der Waals surface area contributed by atoms with Crippen molar-refractivity contribution in [3.05, 3.63) is 35.4 Å². The summed E-state index contributed by atoms with van der Waals surface area (Å²) in [6.45, 7) is 1.79. The van der Waals surface area contributed by atoms with Gasteiger partial charge in [0.25, 0.3) is 0 Å². The molecular formula is C15H17NO2. The summed E-state index contributed by atoms with van der Waals surface area (Å²) in [7, 11) is 0. The molecule has 1 aromatic carbocycles. The lowest BCUT2D eigenvalue weighted by atomic mass is 9.70. The zero-order chi connectivity index (χ0) is 13.2. The minimum Gasteiger partial charge on any atom is -0.481 e. The van der Waals surface area contributed by atoms with E-state index in [1.54, 1.807) is 25.1 Å². The molecule has 94 valence electrons. The predicted octanol–water partition coefficient (Wildman–Crippen LogP) is 3.09. The van der Waals surface area contributed by atoms with E-state index in [1.807, 2.05) is 6.07 Å². The Morgan fingerprint density at radius 2 is 2.11 bits per heavy atom. The Morgan fingerprint density at radius 1 is 1.44 bits per heavy atom. The first-order valence-electron chi connectivity index (χ1n) is 6.33. The van der Waals surface area contributed by atoms with Crippen LogP contribution in [-0.4, -0.2) is 11.1 Å². The van der Waals surface area contributed by atoms with E-state index in [-0.39, 0.29) is 5.92 Å². The van der Waals surface area contributed by atoms with Gasteiger partial charge in [-0.3, -0.25) is 4.79 Å². The molecular weight excluding hydrogens is 226 g/mol. The zero-order valence-corrected chi connectivity index (χ0v) is 10.5. The summed E-state index contributed by atoms with van der Waals surface area (Å²) in [5.74, 6) is -0.617. The molecule has 0 saturated heterocycles. The van der Waals surface area contributed by atoms with Gasteiger partial charge in [-0.2, -0.15) is 5.26 Å². The monoisotopic (exact) mass is 243 g/mol. The second-order valence-corrected chi connectivity index (χ2v) is 5.18. The third-order valence-corrected chi connectivity index (χ3v) is 4.21. The van der Waals surface area contributed by atoms with Crippen LogP contribution in [0.4, 0.5) is 0 Å². The standard InChI is InChI=1S/C15H17NO2/c1-15(14(17)18,12-6-2-3-7-12)13-8-4-5-11(9-13)10-16/h4-5,8-9,12H,2-3,6-7H2,1H3,(H,17,18). The fourth-order valence-electron chi connectivity index (χ4n) is 2.95. The highest BCUT2D eigenvalue weighted by atomic mass is 16.4. The average Bonchev–Trinajstić information content (AvgIpc) is 2.91. The molecule has 0 aromatic heterocycles. The molecule has 1 unspecified atom stereocenters. The molecule has 0 amide bonds. The van der Waals surface area contributed by atoms with Gasteiger partial charge >= 0.3 is 5.97 Å². The van der Waals surface area contributed by atoms with E-state index in [0.29, 0.717) is 5.56 Å². The first-order chi connectivity index (χ1) is 8.59. The van der Waals surface area contributed by atoms with Crippen molar-refractivity contribution in [2.45, 2.75) is 38.0 Å². The second-order valence-electron chi connectivity index (χ2n) is 5.18. The Bertz CT molecular complexity index is 497. The van der Waals surface area contributed by atoms with Crippen LogP contribution < -0.4 is 0 Å². The number of hydrogen-bond acceptors (Lipinski definition) is 2. The molecule has 0 bridgehead atoms. The van der Waals surface area contributed by atoms with E-state index in [0.717, 1.165) is 31.2 Å². The van der Waals surface area contributed by atoms with Crippen LogP contribution in [0.5, 0.6) is 0 Å². The van der Waals surface area contributed by atoms with Crippen molar-refractivity contribution in [1.82, 2.24) is 0 Å². The van der Waals surface area contributed by atoms with Crippen LogP contribution in [0.25, 0.3) is 0 Å². The Labute approximate surface area is 107 Å². The lowest BCUT2D eigenvalue weighted by Crippen LogP contribution is -2.39. The van der Waals surface area contributed by atoms with Gasteiger partial charge in [0.2, 0.25) is 0 Å². The quantitative estimate of drug-likeness (QED) is 0.887. The lowest BCUT2D eigenvalue weighted by Gasteiger charge is -2.32. The number of carboxylic acids is 1. The van der Waals surface area contributed by atoms with E-state index in [9.17, 15) is 9.90 Å². The van der Waals surface area contributed by atoms with Crippen LogP contribution in [0.2, 0.25) is 0 Å². The van der Waals surface area contributed by atoms with Crippen molar-refractivity contribution >= 4 is 5.97 Å². The van der Waals surface area contributed by atoms with Gasteiger partial charge in [0.1, 0.15) is 0 Å². The van der Waals surface area contributed by atoms with Crippen molar-refractivity contribution in [3.8, 4) is 6.07 Å². The van der Waals surface area contributed by atoms with Gasteiger partial charge in [-0.25, -0.2) is 0 Å². The lowest BCUT2D eigenvalue weighted by molar-refractivity contribution is -0.145. The van der Waals surface area contributed by atoms with Crippen molar-refractivity contribution < 1.29 is 9.90 Å². The molecule has 18 heavy (non-hydrogen) atoms. The normalized spacial score (nSPS) is 19.1. The Morgan fingerprint density at radius 3 is 2.67 bits per heavy atom. The Kier molecular flexibility index (Phi) is 3.38. The smallest absolute Gasteiger partial charge is 0.314 e. The SMILES string of the molecule is CC(C(=O)O)(c1cccc(C#N)c1)C1CCCC1. The summed E-state index contributed by atoms with van der Waals surface area (Å²) in [5.41, 5.74) is 0.405. The number of carboxylic acid groups (broad SMARTS) is 1. The molecule has 1 saturated carbocycles. The van der Waals surface area contributed by atoms with Crippen molar-refractivity contribution in [3.63, 3.8) is 0 Å². The van der Waals surface area contributed by atoms with Crippen molar-refractivity contribution in [2.75, 3.05) is 0 Å². The molecule has 0 spiro atoms. The van der Waals surface area contributed by atoms with E-state index < -0.39 is 11.4 Å². The molecule has 0 heterocycles. The van der Waals surface area contributed by atoms with Gasteiger partial charge in [0.15, 0.2) is 0 Å². The molecule has 1 N–H and O–H groups in total. The summed E-state index contributed by atoms with van der Waals surface area (Å²) < 4.78 is 0. The van der Waals surface area contributed by atoms with Crippen molar-refractivity contribution in [1.29, 1.82) is 5.26 Å². The number of aliphatic carboxylic acids is 1. The maximum absolute atomic E-state index is 11.7. The molecule has 1 aliphatic carbocycles. The summed E-state index contributed by atoms with van der Waals surface area (Å²) in [6, 6.07) is 9.09. The highest BCUT2D eigenvalue weighted by Gasteiger charge is 2.44. The number of nitrogens with zero attached hydrogens (tertiary/aromatic N) is 1. The minimum absolute atomic E-state index is 0.170. The highest BCUT2D eigenvalue weighted by Crippen LogP contribution is 2.42. The van der Waals surface area contributed by atoms with Gasteiger partial charge in [-0.15, -0.1) is 0 Å². The minimum atomic E-state index is -0.872. The van der Waals surface area contributed by atoms with Crippen LogP contribution in [0.15, 0.2) is 24.3 Å². The fraction of sp³-hybridized carbons (Fsp3) is 0.467. The number of rotatable bonds is 3. The number of hydrogen-bond donors (Lipinski definition) is 1. The average molecular weight is 243 g/mol. The molecule has 1 fully saturated rings. The van der Waals surface area contributed by atoms with Crippen LogP contribution in [-0.2, 0) is 10.2 Å². The predicted molar refractivity (Wildman–Crippen MR) is 68.1 cm³/mol. The van der Waals surface area contributed by atoms with E-state index in [2.05, 4.69) is 6.07 Å². The van der Waals surface area contributed by atoms with Crippen LogP contribution in [0, 0.1) is 17.2 Å². The largest absolute Gasteiger partial charge is 0.481 e. The highest BCUT2D eigenvalue weighted by molar-refractivity contribution is 5.81. The first-order valence-corrected chi connectivity index (χ1v) is 6.33. The maximum atomic E-state index is 11.7. The summed E-state index contributed by atoms with van der Waals surface area (Å²) in [6.07, 6.45) is 4.12. The topological polar surface area (TPSA) is 61.1 Å². The van der Waals surface area contributed by atoms with Crippen LogP contribution >= 0.6 is 0 Å². The van der Waals surface area contributed by atoms with Gasteiger partial charge in [-0.05, 0) is 43.4 Å². The molecule has 3 nitrogen and oxygen atoms in total. The van der Waals surface area contributed by atoms with Gasteiger partial charge < -0.3 is 5.11 Å². The molecule has 3 heteroatoms. The summed E-state index contributed by atoms with van der Waals surface area (Å²) in [5, 5.41) is 18.6. The van der Waals surface area contributed by atoms with E-state index in [4.69, 9.17) is 5.26 Å². The molecule has 1 atom stereocenters. The van der Waals surface area contributed by atoms with Gasteiger partial charge in [0.05, 0.1) is 17.0 Å². The van der Waals surface area contributed by atoms with Gasteiger partial charge in [-0.1, -0.05) is 25.0 Å². The number of benzene rings is 1. The molecule has 1 aliphatic rings. The van der Waals surface area contributed by atoms with Gasteiger partial charge in [0, 0.05) is 0 Å². The summed E-state index contributed by atoms with van der Waals surface area (Å²) in [4.78, 5) is 11.7. The Hall–Kier alpha value is -1.82. The molecule has 0 aliphatic heterocycles. The molecule has 2 rings (SSSR count). The number of nitriles is 1. The summed E-state index contributed by atoms with van der Waals surface area (Å²) >= 11 is 0. The van der Waals surface area contributed by atoms with Crippen LogP contribution in [0.1, 0.15) is 43.7 Å². The third-order valence-electron chi connectivity index (χ3n) is 4.21. The maximum Gasteiger partial charge on any atom is 0.314 e. The first kappa shape index (κ1) is 12.6. The third kappa shape index (κ3) is 1.99. The zero-order valence-electron chi connectivity index (χ0n) is 10.5. The fourth-order valence-corrected chi connectivity index (χ4v) is 2.95. The molecule has 1 aromatic rings. The second kappa shape index (κ2) is 4.81. The van der Waals surface area contributed by atoms with E-state index >= 15 is 0 Å². The van der Waals surface area contributed by atoms with Crippen LogP contribution in [0.3, 0.4) is 0 Å². The van der Waals surface area contributed by atoms with E-state index in [1.165, 1.54) is 0 Å². The number of carbonyl (C=O) groups is 1. The van der Waals surface area contributed by atoms with Crippen molar-refractivity contribution in [2.24, 2.45) is 5.92 Å². The molecule has 0 radical (unpaired) electrons. The Balaban J connectivity index is 2.46.